The lowest BCUT2D eigenvalue weighted by atomic mass is 10.4. The number of aromatic hydroxyl groups is 2. The molecule has 0 bridgehead atoms. The summed E-state index contributed by atoms with van der Waals surface area (Å²) in [4.78, 5) is 23.9. The maximum Gasteiger partial charge on any atom is 0.250 e. The SMILES string of the molecule is Cl.N=Nc1ccc(-n2c(O)ccc2O)cn1.O=C1C=CC(=O)N1. The monoisotopic (exact) mass is 337 g/mol. The molecule has 0 unspecified atom stereocenters. The van der Waals surface area contributed by atoms with Crippen molar-refractivity contribution in [3.63, 3.8) is 0 Å². The Morgan fingerprint density at radius 2 is 1.61 bits per heavy atom. The summed E-state index contributed by atoms with van der Waals surface area (Å²) in [5.74, 6) is -0.547. The Hall–Kier alpha value is -3.20. The largest absolute Gasteiger partial charge is 0.494 e. The number of hydrogen-bond donors (Lipinski definition) is 4. The topological polar surface area (TPSA) is 141 Å². The molecule has 23 heavy (non-hydrogen) atoms. The minimum absolute atomic E-state index is 0. The Balaban J connectivity index is 0.000000280. The molecule has 0 aliphatic carbocycles. The van der Waals surface area contributed by atoms with Gasteiger partial charge in [0.25, 0.3) is 11.8 Å². The molecule has 2 aromatic rings. The van der Waals surface area contributed by atoms with Gasteiger partial charge in [-0.2, -0.15) is 0 Å². The fourth-order valence-electron chi connectivity index (χ4n) is 1.61. The van der Waals surface area contributed by atoms with Crippen LogP contribution < -0.4 is 5.32 Å². The van der Waals surface area contributed by atoms with E-state index in [0.717, 1.165) is 0 Å². The van der Waals surface area contributed by atoms with E-state index in [-0.39, 0.29) is 41.8 Å². The van der Waals surface area contributed by atoms with Gasteiger partial charge in [0.15, 0.2) is 17.6 Å². The average molecular weight is 338 g/mol. The van der Waals surface area contributed by atoms with Gasteiger partial charge in [0.2, 0.25) is 0 Å². The van der Waals surface area contributed by atoms with E-state index in [1.54, 1.807) is 6.07 Å². The first-order valence-electron chi connectivity index (χ1n) is 5.98. The summed E-state index contributed by atoms with van der Waals surface area (Å²) in [6.45, 7) is 0. The summed E-state index contributed by atoms with van der Waals surface area (Å²) >= 11 is 0. The third kappa shape index (κ3) is 4.38. The molecule has 2 aromatic heterocycles. The van der Waals surface area contributed by atoms with E-state index in [1.165, 1.54) is 41.1 Å². The summed E-state index contributed by atoms with van der Waals surface area (Å²) in [5.41, 5.74) is 7.23. The number of aromatic nitrogens is 2. The number of hydrogen-bond acceptors (Lipinski definition) is 7. The van der Waals surface area contributed by atoms with Gasteiger partial charge in [-0.25, -0.2) is 10.5 Å². The number of carbonyl (C=O) groups is 2. The van der Waals surface area contributed by atoms with Gasteiger partial charge in [0, 0.05) is 24.3 Å². The second kappa shape index (κ2) is 7.71. The molecule has 9 nitrogen and oxygen atoms in total. The van der Waals surface area contributed by atoms with Gasteiger partial charge >= 0.3 is 0 Å². The maximum absolute atomic E-state index is 10.0. The normalized spacial score (nSPS) is 12.0. The Morgan fingerprint density at radius 1 is 1.04 bits per heavy atom. The molecule has 120 valence electrons. The third-order valence-electron chi connectivity index (χ3n) is 2.58. The van der Waals surface area contributed by atoms with E-state index >= 15 is 0 Å². The van der Waals surface area contributed by atoms with Gasteiger partial charge in [-0.05, 0) is 12.1 Å². The van der Waals surface area contributed by atoms with Crippen LogP contribution in [0.1, 0.15) is 0 Å². The second-order valence-corrected chi connectivity index (χ2v) is 4.06. The predicted molar refractivity (Wildman–Crippen MR) is 81.2 cm³/mol. The van der Waals surface area contributed by atoms with E-state index in [1.807, 2.05) is 5.32 Å². The minimum Gasteiger partial charge on any atom is -0.494 e. The molecule has 0 aromatic carbocycles. The van der Waals surface area contributed by atoms with Crippen LogP contribution in [0.4, 0.5) is 5.82 Å². The van der Waals surface area contributed by atoms with E-state index in [0.29, 0.717) is 5.69 Å². The molecule has 3 heterocycles. The number of carbonyl (C=O) groups excluding carboxylic acids is 2. The minimum atomic E-state index is -0.329. The molecule has 10 heteroatoms. The Kier molecular flexibility index (Phi) is 5.98. The van der Waals surface area contributed by atoms with Crippen LogP contribution in [-0.2, 0) is 9.59 Å². The van der Waals surface area contributed by atoms with Crippen molar-refractivity contribution < 1.29 is 19.8 Å². The lowest BCUT2D eigenvalue weighted by molar-refractivity contribution is -0.123. The van der Waals surface area contributed by atoms with Crippen molar-refractivity contribution in [1.82, 2.24) is 14.9 Å². The first kappa shape index (κ1) is 17.9. The maximum atomic E-state index is 10.0. The highest BCUT2D eigenvalue weighted by atomic mass is 35.5. The number of rotatable bonds is 2. The fourth-order valence-corrected chi connectivity index (χ4v) is 1.61. The number of amides is 2. The molecule has 1 aliphatic rings. The van der Waals surface area contributed by atoms with Crippen molar-refractivity contribution in [2.24, 2.45) is 5.11 Å². The van der Waals surface area contributed by atoms with Crippen molar-refractivity contribution in [2.75, 3.05) is 0 Å². The van der Waals surface area contributed by atoms with Gasteiger partial charge in [0.05, 0.1) is 11.9 Å². The molecular formula is C13H12ClN5O4. The van der Waals surface area contributed by atoms with Crippen LogP contribution >= 0.6 is 12.4 Å². The van der Waals surface area contributed by atoms with Crippen LogP contribution in [0.2, 0.25) is 0 Å². The van der Waals surface area contributed by atoms with Gasteiger partial charge in [-0.3, -0.25) is 19.5 Å². The first-order valence-corrected chi connectivity index (χ1v) is 5.98. The van der Waals surface area contributed by atoms with Crippen LogP contribution in [0.15, 0.2) is 47.7 Å². The lowest BCUT2D eigenvalue weighted by Crippen LogP contribution is -2.19. The second-order valence-electron chi connectivity index (χ2n) is 4.06. The van der Waals surface area contributed by atoms with E-state index in [9.17, 15) is 19.8 Å². The summed E-state index contributed by atoms with van der Waals surface area (Å²) in [6.07, 6.45) is 3.80. The van der Waals surface area contributed by atoms with E-state index < -0.39 is 0 Å². The van der Waals surface area contributed by atoms with Crippen LogP contribution in [0.3, 0.4) is 0 Å². The summed E-state index contributed by atoms with van der Waals surface area (Å²) in [6, 6.07) is 5.86. The van der Waals surface area contributed by atoms with Crippen LogP contribution in [0.25, 0.3) is 5.69 Å². The molecule has 2 amide bonds. The number of nitrogens with one attached hydrogen (secondary N) is 2. The number of pyridine rings is 1. The third-order valence-corrected chi connectivity index (χ3v) is 2.58. The Morgan fingerprint density at radius 3 is 1.96 bits per heavy atom. The smallest absolute Gasteiger partial charge is 0.250 e. The molecule has 0 spiro atoms. The van der Waals surface area contributed by atoms with Crippen molar-refractivity contribution in [3.8, 4) is 17.4 Å². The lowest BCUT2D eigenvalue weighted by Gasteiger charge is -2.05. The van der Waals surface area contributed by atoms with Crippen molar-refractivity contribution >= 4 is 30.0 Å². The quantitative estimate of drug-likeness (QED) is 0.486. The van der Waals surface area contributed by atoms with Gasteiger partial charge < -0.3 is 10.2 Å². The highest BCUT2D eigenvalue weighted by Gasteiger charge is 2.08. The zero-order chi connectivity index (χ0) is 16.1. The molecule has 0 atom stereocenters. The highest BCUT2D eigenvalue weighted by molar-refractivity contribution is 6.12. The number of imide groups is 1. The molecular weight excluding hydrogens is 326 g/mol. The molecule has 0 saturated heterocycles. The van der Waals surface area contributed by atoms with Crippen LogP contribution in [0.5, 0.6) is 11.8 Å². The van der Waals surface area contributed by atoms with Crippen molar-refractivity contribution in [1.29, 1.82) is 5.53 Å². The molecule has 0 saturated carbocycles. The zero-order valence-electron chi connectivity index (χ0n) is 11.5. The zero-order valence-corrected chi connectivity index (χ0v) is 12.3. The van der Waals surface area contributed by atoms with E-state index in [2.05, 4.69) is 10.1 Å². The molecule has 1 aliphatic heterocycles. The molecule has 0 radical (unpaired) electrons. The van der Waals surface area contributed by atoms with E-state index in [4.69, 9.17) is 5.53 Å². The van der Waals surface area contributed by atoms with Gasteiger partial charge in [-0.15, -0.1) is 17.5 Å². The standard InChI is InChI=1S/C9H8N4O2.C4H3NO2.ClH/c10-12-7-2-1-6(5-11-7)13-8(14)3-4-9(13)15;6-3-1-2-4(7)5-3;/h1-5,10,14-15H;1-2H,(H,5,6,7);1H. The number of halogens is 1. The van der Waals surface area contributed by atoms with Crippen LogP contribution in [-0.4, -0.2) is 31.6 Å². The van der Waals surface area contributed by atoms with Crippen molar-refractivity contribution in [2.45, 2.75) is 0 Å². The highest BCUT2D eigenvalue weighted by Crippen LogP contribution is 2.26. The van der Waals surface area contributed by atoms with Gasteiger partial charge in [0.1, 0.15) is 0 Å². The average Bonchev–Trinajstić information content (AvgIpc) is 3.05. The van der Waals surface area contributed by atoms with Crippen LogP contribution in [0, 0.1) is 5.53 Å². The summed E-state index contributed by atoms with van der Waals surface area (Å²) in [7, 11) is 0. The first-order chi connectivity index (χ1) is 10.5. The Bertz CT molecular complexity index is 719. The van der Waals surface area contributed by atoms with Crippen molar-refractivity contribution in [3.05, 3.63) is 42.6 Å². The fraction of sp³-hybridized carbons (Fsp3) is 0. The van der Waals surface area contributed by atoms with Gasteiger partial charge in [-0.1, -0.05) is 0 Å². The number of nitrogens with zero attached hydrogens (tertiary/aromatic N) is 3. The molecule has 3 rings (SSSR count). The summed E-state index contributed by atoms with van der Waals surface area (Å²) in [5, 5.41) is 24.0. The molecule has 4 N–H and O–H groups in total. The summed E-state index contributed by atoms with van der Waals surface area (Å²) < 4.78 is 1.22. The Labute approximate surface area is 136 Å². The molecule has 0 fully saturated rings. The predicted octanol–water partition coefficient (Wildman–Crippen LogP) is 1.57.